The molecular formula is C20H17N5O6. The number of carbonyl (C=O) groups is 3. The number of carbonyl (C=O) groups excluding carboxylic acids is 3. The standard InChI is InChI=1S/C20H17N5O6/c1-20(10-2-5-14-15(6-10)31-9-30-14)17(27)25(19(29)24-20)8-16(26)21-11-3-4-12-13(7-11)23-18(28)22-12/h2-7H,8-9H2,1H3,(H,21,26)(H,24,29)(H2,22,23,28)/t20-/m1/s1. The van der Waals surface area contributed by atoms with Gasteiger partial charge >= 0.3 is 11.7 Å². The molecule has 3 heterocycles. The number of imidazole rings is 1. The minimum absolute atomic E-state index is 0.0878. The predicted octanol–water partition coefficient (Wildman–Crippen LogP) is 0.991. The Balaban J connectivity index is 1.33. The number of nitrogens with one attached hydrogen (secondary N) is 4. The maximum absolute atomic E-state index is 13.1. The van der Waals surface area contributed by atoms with Crippen molar-refractivity contribution in [3.05, 3.63) is 52.4 Å². The van der Waals surface area contributed by atoms with Gasteiger partial charge < -0.3 is 30.1 Å². The van der Waals surface area contributed by atoms with Crippen LogP contribution >= 0.6 is 0 Å². The normalized spacial score (nSPS) is 19.7. The number of aromatic nitrogens is 2. The molecule has 1 aromatic heterocycles. The Morgan fingerprint density at radius 3 is 2.68 bits per heavy atom. The molecule has 1 saturated heterocycles. The minimum atomic E-state index is -1.35. The number of hydrogen-bond acceptors (Lipinski definition) is 6. The number of H-pyrrole nitrogens is 2. The molecule has 4 N–H and O–H groups in total. The van der Waals surface area contributed by atoms with Gasteiger partial charge in [0.1, 0.15) is 12.1 Å². The van der Waals surface area contributed by atoms with E-state index in [4.69, 9.17) is 9.47 Å². The number of nitrogens with zero attached hydrogens (tertiary/aromatic N) is 1. The van der Waals surface area contributed by atoms with Crippen LogP contribution in [-0.4, -0.2) is 46.1 Å². The molecule has 158 valence electrons. The van der Waals surface area contributed by atoms with Crippen LogP contribution in [0.3, 0.4) is 0 Å². The number of aromatic amines is 2. The predicted molar refractivity (Wildman–Crippen MR) is 108 cm³/mol. The third-order valence-corrected chi connectivity index (χ3v) is 5.33. The fourth-order valence-corrected chi connectivity index (χ4v) is 3.70. The molecule has 3 aromatic rings. The van der Waals surface area contributed by atoms with Gasteiger partial charge in [-0.1, -0.05) is 6.07 Å². The largest absolute Gasteiger partial charge is 0.454 e. The fraction of sp³-hybridized carbons (Fsp3) is 0.200. The summed E-state index contributed by atoms with van der Waals surface area (Å²) < 4.78 is 10.6. The van der Waals surface area contributed by atoms with Crippen LogP contribution in [0.2, 0.25) is 0 Å². The Labute approximate surface area is 174 Å². The van der Waals surface area contributed by atoms with E-state index in [1.807, 2.05) is 0 Å². The van der Waals surface area contributed by atoms with Crippen molar-refractivity contribution in [2.45, 2.75) is 12.5 Å². The van der Waals surface area contributed by atoms with Gasteiger partial charge in [-0.2, -0.15) is 0 Å². The Hall–Kier alpha value is -4.28. The smallest absolute Gasteiger partial charge is 0.325 e. The molecule has 0 spiro atoms. The summed E-state index contributed by atoms with van der Waals surface area (Å²) in [7, 11) is 0. The van der Waals surface area contributed by atoms with Crippen LogP contribution in [0.4, 0.5) is 10.5 Å². The van der Waals surface area contributed by atoms with E-state index in [-0.39, 0.29) is 12.5 Å². The van der Waals surface area contributed by atoms with Gasteiger partial charge in [0.2, 0.25) is 12.7 Å². The zero-order valence-electron chi connectivity index (χ0n) is 16.3. The number of ether oxygens (including phenoxy) is 2. The van der Waals surface area contributed by atoms with Gasteiger partial charge in [0.05, 0.1) is 11.0 Å². The maximum atomic E-state index is 13.1. The molecule has 11 nitrogen and oxygen atoms in total. The molecular weight excluding hydrogens is 406 g/mol. The van der Waals surface area contributed by atoms with Crippen molar-refractivity contribution >= 4 is 34.6 Å². The van der Waals surface area contributed by atoms with Crippen LogP contribution in [0.25, 0.3) is 11.0 Å². The molecule has 4 amide bonds. The molecule has 2 aliphatic heterocycles. The first-order valence-electron chi connectivity index (χ1n) is 9.40. The highest BCUT2D eigenvalue weighted by molar-refractivity contribution is 6.10. The van der Waals surface area contributed by atoms with E-state index >= 15 is 0 Å². The van der Waals surface area contributed by atoms with Crippen LogP contribution in [0.15, 0.2) is 41.2 Å². The van der Waals surface area contributed by atoms with Crippen molar-refractivity contribution in [3.8, 4) is 11.5 Å². The summed E-state index contributed by atoms with van der Waals surface area (Å²) in [6.07, 6.45) is 0. The number of rotatable bonds is 4. The van der Waals surface area contributed by atoms with Crippen molar-refractivity contribution in [1.82, 2.24) is 20.2 Å². The van der Waals surface area contributed by atoms with Gasteiger partial charge in [0, 0.05) is 5.69 Å². The lowest BCUT2D eigenvalue weighted by atomic mass is 9.91. The van der Waals surface area contributed by atoms with Crippen LogP contribution in [0.1, 0.15) is 12.5 Å². The Morgan fingerprint density at radius 2 is 1.84 bits per heavy atom. The molecule has 1 fully saturated rings. The molecule has 1 atom stereocenters. The zero-order valence-corrected chi connectivity index (χ0v) is 16.3. The van der Waals surface area contributed by atoms with Gasteiger partial charge in [-0.15, -0.1) is 0 Å². The average Bonchev–Trinajstić information content (AvgIpc) is 3.40. The topological polar surface area (TPSA) is 146 Å². The lowest BCUT2D eigenvalue weighted by Gasteiger charge is -2.22. The van der Waals surface area contributed by atoms with Crippen molar-refractivity contribution in [1.29, 1.82) is 0 Å². The van der Waals surface area contributed by atoms with E-state index in [0.29, 0.717) is 33.8 Å². The number of amides is 4. The van der Waals surface area contributed by atoms with Crippen LogP contribution < -0.4 is 25.8 Å². The summed E-state index contributed by atoms with van der Waals surface area (Å²) in [5.41, 5.74) is 0.339. The quantitative estimate of drug-likeness (QED) is 0.461. The summed E-state index contributed by atoms with van der Waals surface area (Å²) in [6.45, 7) is 1.19. The van der Waals surface area contributed by atoms with Crippen molar-refractivity contribution < 1.29 is 23.9 Å². The SMILES string of the molecule is C[C@]1(c2ccc3c(c2)OCO3)NC(=O)N(CC(=O)Nc2ccc3[nH]c(=O)[nH]c3c2)C1=O. The molecule has 11 heteroatoms. The summed E-state index contributed by atoms with van der Waals surface area (Å²) in [6, 6.07) is 9.11. The van der Waals surface area contributed by atoms with Gasteiger partial charge in [-0.05, 0) is 42.8 Å². The molecule has 31 heavy (non-hydrogen) atoms. The Bertz CT molecular complexity index is 1310. The third kappa shape index (κ3) is 3.06. The molecule has 5 rings (SSSR count). The van der Waals surface area contributed by atoms with Crippen molar-refractivity contribution in [2.24, 2.45) is 0 Å². The van der Waals surface area contributed by atoms with Gasteiger partial charge in [0.25, 0.3) is 5.91 Å². The van der Waals surface area contributed by atoms with Crippen molar-refractivity contribution in [3.63, 3.8) is 0 Å². The molecule has 0 saturated carbocycles. The van der Waals surface area contributed by atoms with Gasteiger partial charge in [-0.25, -0.2) is 9.59 Å². The van der Waals surface area contributed by atoms with Crippen LogP contribution in [-0.2, 0) is 15.1 Å². The van der Waals surface area contributed by atoms with Gasteiger partial charge in [-0.3, -0.25) is 14.5 Å². The number of anilines is 1. The highest BCUT2D eigenvalue weighted by Gasteiger charge is 2.49. The highest BCUT2D eigenvalue weighted by atomic mass is 16.7. The van der Waals surface area contributed by atoms with E-state index in [0.717, 1.165) is 4.90 Å². The number of benzene rings is 2. The number of imide groups is 1. The number of hydrogen-bond donors (Lipinski definition) is 4. The third-order valence-electron chi connectivity index (χ3n) is 5.33. The first-order chi connectivity index (χ1) is 14.8. The molecule has 2 aliphatic rings. The lowest BCUT2D eigenvalue weighted by Crippen LogP contribution is -2.42. The second kappa shape index (κ2) is 6.62. The minimum Gasteiger partial charge on any atom is -0.454 e. The number of fused-ring (bicyclic) bond motifs is 2. The monoisotopic (exact) mass is 423 g/mol. The first kappa shape index (κ1) is 18.7. The summed E-state index contributed by atoms with van der Waals surface area (Å²) in [5, 5.41) is 5.28. The van der Waals surface area contributed by atoms with E-state index in [1.165, 1.54) is 0 Å². The second-order valence-electron chi connectivity index (χ2n) is 7.40. The molecule has 2 aromatic carbocycles. The van der Waals surface area contributed by atoms with Crippen LogP contribution in [0, 0.1) is 0 Å². The summed E-state index contributed by atoms with van der Waals surface area (Å²) in [4.78, 5) is 55.5. The summed E-state index contributed by atoms with van der Waals surface area (Å²) in [5.74, 6) is -0.0798. The average molecular weight is 423 g/mol. The summed E-state index contributed by atoms with van der Waals surface area (Å²) >= 11 is 0. The van der Waals surface area contributed by atoms with E-state index < -0.39 is 29.9 Å². The zero-order chi connectivity index (χ0) is 21.8. The molecule has 0 radical (unpaired) electrons. The Morgan fingerprint density at radius 1 is 1.06 bits per heavy atom. The Kier molecular flexibility index (Phi) is 4.00. The highest BCUT2D eigenvalue weighted by Crippen LogP contribution is 2.37. The van der Waals surface area contributed by atoms with Crippen molar-refractivity contribution in [2.75, 3.05) is 18.7 Å². The van der Waals surface area contributed by atoms with Crippen LogP contribution in [0.5, 0.6) is 11.5 Å². The number of urea groups is 1. The maximum Gasteiger partial charge on any atom is 0.325 e. The van der Waals surface area contributed by atoms with E-state index in [1.54, 1.807) is 43.3 Å². The van der Waals surface area contributed by atoms with E-state index in [9.17, 15) is 19.2 Å². The molecule has 0 unspecified atom stereocenters. The van der Waals surface area contributed by atoms with E-state index in [2.05, 4.69) is 20.6 Å². The first-order valence-corrected chi connectivity index (χ1v) is 9.40. The second-order valence-corrected chi connectivity index (χ2v) is 7.40. The fourth-order valence-electron chi connectivity index (χ4n) is 3.70. The van der Waals surface area contributed by atoms with Gasteiger partial charge in [0.15, 0.2) is 11.5 Å². The lowest BCUT2D eigenvalue weighted by molar-refractivity contribution is -0.133. The molecule has 0 aliphatic carbocycles. The molecule has 0 bridgehead atoms.